The standard InChI is InChI=1S/C26H22N2.C16H6N2O6.2CH5N/c1-3-7-21(8-4-1)19-23-11-15-25(16-12-23)27-28-26-17-13-24(14-18-26)20-22-9-5-2-6-10-22;19-13-9-3-1-7(5-11(9)15(21)23-13)17-18-8-2-4-10-12(6-8)16(22)24-14(10)20;2*1-2/h1-18H,19-20H2;1-6H;2*2H2,1H3. The molecule has 12 nitrogen and oxygen atoms in total. The first-order chi connectivity index (χ1) is 27.4. The number of nitrogens with zero attached hydrogens (tertiary/aromatic N) is 4. The summed E-state index contributed by atoms with van der Waals surface area (Å²) in [5.41, 5.74) is 17.2. The lowest BCUT2D eigenvalue weighted by molar-refractivity contribution is 0.0425. The van der Waals surface area contributed by atoms with Crippen LogP contribution in [-0.2, 0) is 22.3 Å². The van der Waals surface area contributed by atoms with Crippen LogP contribution in [0.5, 0.6) is 0 Å². The number of azo groups is 2. The Labute approximate surface area is 323 Å². The van der Waals surface area contributed by atoms with Gasteiger partial charge in [-0.05, 0) is 110 Å². The van der Waals surface area contributed by atoms with Crippen LogP contribution >= 0.6 is 0 Å². The fourth-order valence-corrected chi connectivity index (χ4v) is 5.53. The Morgan fingerprint density at radius 1 is 0.357 bits per heavy atom. The summed E-state index contributed by atoms with van der Waals surface area (Å²) in [5.74, 6) is -2.85. The summed E-state index contributed by atoms with van der Waals surface area (Å²) in [6.45, 7) is 0. The first-order valence-corrected chi connectivity index (χ1v) is 17.4. The van der Waals surface area contributed by atoms with E-state index in [-0.39, 0.29) is 22.3 Å². The molecule has 2 aliphatic heterocycles. The van der Waals surface area contributed by atoms with E-state index < -0.39 is 23.9 Å². The van der Waals surface area contributed by atoms with Gasteiger partial charge in [0.05, 0.1) is 45.0 Å². The van der Waals surface area contributed by atoms with Crippen molar-refractivity contribution < 1.29 is 28.7 Å². The maximum absolute atomic E-state index is 11.5. The second-order valence-corrected chi connectivity index (χ2v) is 11.9. The van der Waals surface area contributed by atoms with Crippen molar-refractivity contribution >= 4 is 46.6 Å². The molecular formula is C44H38N6O6. The number of esters is 4. The van der Waals surface area contributed by atoms with Gasteiger partial charge in [0.15, 0.2) is 0 Å². The van der Waals surface area contributed by atoms with E-state index in [2.05, 4.69) is 114 Å². The third-order valence-corrected chi connectivity index (χ3v) is 8.19. The summed E-state index contributed by atoms with van der Waals surface area (Å²) in [6, 6.07) is 46.1. The molecule has 0 spiro atoms. The minimum atomic E-state index is -0.731. The highest BCUT2D eigenvalue weighted by Crippen LogP contribution is 2.29. The zero-order valence-corrected chi connectivity index (χ0v) is 30.7. The van der Waals surface area contributed by atoms with Crippen molar-refractivity contribution in [1.82, 2.24) is 0 Å². The monoisotopic (exact) mass is 746 g/mol. The zero-order chi connectivity index (χ0) is 39.9. The van der Waals surface area contributed by atoms with Crippen LogP contribution in [-0.4, -0.2) is 38.0 Å². The number of carbonyl (C=O) groups is 4. The van der Waals surface area contributed by atoms with Gasteiger partial charge in [-0.15, -0.1) is 0 Å². The van der Waals surface area contributed by atoms with Crippen molar-refractivity contribution in [2.75, 3.05) is 14.1 Å². The number of cyclic esters (lactones) is 4. The smallest absolute Gasteiger partial charge is 0.346 e. The number of fused-ring (bicyclic) bond motifs is 2. The van der Waals surface area contributed by atoms with Crippen LogP contribution < -0.4 is 11.5 Å². The van der Waals surface area contributed by atoms with Gasteiger partial charge in [-0.2, -0.15) is 20.5 Å². The largest absolute Gasteiger partial charge is 0.386 e. The lowest BCUT2D eigenvalue weighted by Crippen LogP contribution is -1.96. The van der Waals surface area contributed by atoms with E-state index in [4.69, 9.17) is 0 Å². The molecule has 0 amide bonds. The van der Waals surface area contributed by atoms with E-state index in [9.17, 15) is 19.2 Å². The second-order valence-electron chi connectivity index (χ2n) is 11.9. The zero-order valence-electron chi connectivity index (χ0n) is 30.7. The molecule has 0 saturated carbocycles. The summed E-state index contributed by atoms with van der Waals surface area (Å²) < 4.78 is 8.98. The Balaban J connectivity index is 0.000000199. The Bertz CT molecular complexity index is 2200. The summed E-state index contributed by atoms with van der Waals surface area (Å²) in [5, 5.41) is 16.6. The molecule has 0 radical (unpaired) electrons. The molecule has 0 atom stereocenters. The molecule has 0 bridgehead atoms. The SMILES string of the molecule is CN.CN.O=C1OC(=O)c2cc(N=Nc3ccc4c(c3)C(=O)OC4=O)ccc21.c1ccc(Cc2ccc(N=Nc3ccc(Cc4ccccc4)cc3)cc2)cc1. The third-order valence-electron chi connectivity index (χ3n) is 8.19. The number of hydrogen-bond donors (Lipinski definition) is 2. The van der Waals surface area contributed by atoms with Crippen LogP contribution in [0, 0.1) is 0 Å². The van der Waals surface area contributed by atoms with Crippen LogP contribution in [0.4, 0.5) is 22.7 Å². The fourth-order valence-electron chi connectivity index (χ4n) is 5.53. The highest BCUT2D eigenvalue weighted by Gasteiger charge is 2.30. The highest BCUT2D eigenvalue weighted by molar-refractivity contribution is 6.15. The molecule has 12 heteroatoms. The predicted octanol–water partition coefficient (Wildman–Crippen LogP) is 9.16. The summed E-state index contributed by atoms with van der Waals surface area (Å²) >= 11 is 0. The van der Waals surface area contributed by atoms with Crippen LogP contribution in [0.3, 0.4) is 0 Å². The van der Waals surface area contributed by atoms with Gasteiger partial charge in [0.1, 0.15) is 0 Å². The van der Waals surface area contributed by atoms with E-state index >= 15 is 0 Å². The van der Waals surface area contributed by atoms with E-state index in [0.29, 0.717) is 11.4 Å². The van der Waals surface area contributed by atoms with E-state index in [1.165, 1.54) is 72.7 Å². The lowest BCUT2D eigenvalue weighted by Gasteiger charge is -2.03. The molecule has 280 valence electrons. The van der Waals surface area contributed by atoms with Gasteiger partial charge in [-0.3, -0.25) is 0 Å². The number of rotatable bonds is 8. The van der Waals surface area contributed by atoms with Crippen LogP contribution in [0.25, 0.3) is 0 Å². The van der Waals surface area contributed by atoms with E-state index in [1.807, 2.05) is 36.4 Å². The molecular weight excluding hydrogens is 709 g/mol. The summed E-state index contributed by atoms with van der Waals surface area (Å²) in [4.78, 5) is 45.7. The van der Waals surface area contributed by atoms with Crippen LogP contribution in [0.1, 0.15) is 63.7 Å². The number of hydrogen-bond acceptors (Lipinski definition) is 12. The molecule has 6 aromatic rings. The second kappa shape index (κ2) is 19.7. The predicted molar refractivity (Wildman–Crippen MR) is 212 cm³/mol. The van der Waals surface area contributed by atoms with Crippen molar-refractivity contribution in [3.63, 3.8) is 0 Å². The van der Waals surface area contributed by atoms with Crippen LogP contribution in [0.2, 0.25) is 0 Å². The van der Waals surface area contributed by atoms with Gasteiger partial charge >= 0.3 is 23.9 Å². The Kier molecular flexibility index (Phi) is 14.0. The molecule has 0 aliphatic carbocycles. The minimum absolute atomic E-state index is 0.125. The lowest BCUT2D eigenvalue weighted by atomic mass is 10.0. The summed E-state index contributed by atoms with van der Waals surface area (Å²) in [7, 11) is 3.00. The van der Waals surface area contributed by atoms with Crippen molar-refractivity contribution in [1.29, 1.82) is 0 Å². The van der Waals surface area contributed by atoms with E-state index in [0.717, 1.165) is 24.2 Å². The molecule has 0 fully saturated rings. The number of benzene rings is 6. The van der Waals surface area contributed by atoms with Crippen molar-refractivity contribution in [3.8, 4) is 0 Å². The minimum Gasteiger partial charge on any atom is -0.386 e. The summed E-state index contributed by atoms with van der Waals surface area (Å²) in [6.07, 6.45) is 1.86. The molecule has 56 heavy (non-hydrogen) atoms. The molecule has 0 unspecified atom stereocenters. The van der Waals surface area contributed by atoms with Gasteiger partial charge in [0.2, 0.25) is 0 Å². The van der Waals surface area contributed by atoms with E-state index in [1.54, 1.807) is 0 Å². The normalized spacial score (nSPS) is 12.4. The molecule has 2 heterocycles. The number of carbonyl (C=O) groups excluding carboxylic acids is 4. The van der Waals surface area contributed by atoms with Crippen molar-refractivity contribution in [3.05, 3.63) is 190 Å². The Hall–Kier alpha value is -7.28. The molecule has 2 aliphatic rings. The van der Waals surface area contributed by atoms with Gasteiger partial charge in [-0.25, -0.2) is 19.2 Å². The number of nitrogens with two attached hydrogens (primary N) is 2. The average Bonchev–Trinajstić information content (AvgIpc) is 3.70. The van der Waals surface area contributed by atoms with Crippen molar-refractivity contribution in [2.24, 2.45) is 31.9 Å². The molecule has 0 aromatic heterocycles. The molecule has 6 aromatic carbocycles. The third kappa shape index (κ3) is 10.4. The van der Waals surface area contributed by atoms with Crippen molar-refractivity contribution in [2.45, 2.75) is 12.8 Å². The van der Waals surface area contributed by atoms with Gasteiger partial charge < -0.3 is 20.9 Å². The highest BCUT2D eigenvalue weighted by atomic mass is 16.6. The average molecular weight is 747 g/mol. The van der Waals surface area contributed by atoms with Gasteiger partial charge in [-0.1, -0.05) is 84.9 Å². The maximum atomic E-state index is 11.5. The van der Waals surface area contributed by atoms with Crippen LogP contribution in [0.15, 0.2) is 166 Å². The maximum Gasteiger partial charge on any atom is 0.346 e. The first-order valence-electron chi connectivity index (χ1n) is 17.4. The van der Waals surface area contributed by atoms with Gasteiger partial charge in [0.25, 0.3) is 0 Å². The molecule has 4 N–H and O–H groups in total. The molecule has 8 rings (SSSR count). The first kappa shape index (κ1) is 39.9. The fraction of sp³-hybridized carbons (Fsp3) is 0.0909. The Morgan fingerprint density at radius 2 is 0.643 bits per heavy atom. The number of ether oxygens (including phenoxy) is 2. The Morgan fingerprint density at radius 3 is 1.00 bits per heavy atom. The molecule has 0 saturated heterocycles. The van der Waals surface area contributed by atoms with Gasteiger partial charge in [0, 0.05) is 0 Å². The quantitative estimate of drug-likeness (QED) is 0.0876. The topological polar surface area (TPSA) is 188 Å².